The van der Waals surface area contributed by atoms with Gasteiger partial charge in [0.15, 0.2) is 0 Å². The van der Waals surface area contributed by atoms with Crippen molar-refractivity contribution >= 4 is 0 Å². The third-order valence-electron chi connectivity index (χ3n) is 1.08. The van der Waals surface area contributed by atoms with Crippen molar-refractivity contribution in [3.05, 3.63) is 6.42 Å². The lowest BCUT2D eigenvalue weighted by Gasteiger charge is -1.82. The molecule has 0 heteroatoms. The summed E-state index contributed by atoms with van der Waals surface area (Å²) in [5, 5.41) is 0. The van der Waals surface area contributed by atoms with E-state index in [9.17, 15) is 0 Å². The van der Waals surface area contributed by atoms with Crippen LogP contribution in [0.3, 0.4) is 0 Å². The monoisotopic (exact) mass is 133 g/mol. The molecule has 0 saturated heterocycles. The highest BCUT2D eigenvalue weighted by molar-refractivity contribution is 5.02. The van der Waals surface area contributed by atoms with Crippen LogP contribution in [0.2, 0.25) is 0 Å². The summed E-state index contributed by atoms with van der Waals surface area (Å²) in [5.74, 6) is 8.60. The molecule has 53 valence electrons. The van der Waals surface area contributed by atoms with Crippen LogP contribution in [0.25, 0.3) is 0 Å². The second kappa shape index (κ2) is 8.12. The topological polar surface area (TPSA) is 0 Å². The van der Waals surface area contributed by atoms with Crippen molar-refractivity contribution in [2.24, 2.45) is 0 Å². The van der Waals surface area contributed by atoms with Crippen LogP contribution < -0.4 is 0 Å². The summed E-state index contributed by atoms with van der Waals surface area (Å²) < 4.78 is 0. The lowest BCUT2D eigenvalue weighted by molar-refractivity contribution is 0.992. The van der Waals surface area contributed by atoms with Crippen molar-refractivity contribution in [2.75, 3.05) is 0 Å². The number of unbranched alkanes of at least 4 members (excludes halogenated alkanes) is 3. The summed E-state index contributed by atoms with van der Waals surface area (Å²) in [5.41, 5.74) is 0. The highest BCUT2D eigenvalue weighted by Crippen LogP contribution is 1.90. The van der Waals surface area contributed by atoms with E-state index in [1.807, 2.05) is 6.92 Å². The van der Waals surface area contributed by atoms with E-state index in [4.69, 9.17) is 6.42 Å². The number of rotatable bonds is 3. The number of terminal acetylenes is 1. The molecule has 0 atom stereocenters. The molecule has 0 amide bonds. The second-order valence-electron chi connectivity index (χ2n) is 2.00. The molecule has 0 aromatic rings. The molecule has 0 aromatic heterocycles. The van der Waals surface area contributed by atoms with Gasteiger partial charge in [-0.05, 0) is 12.8 Å². The summed E-state index contributed by atoms with van der Waals surface area (Å²) in [6, 6.07) is 0. The predicted octanol–water partition coefficient (Wildman–Crippen LogP) is 2.41. The maximum Gasteiger partial charge on any atom is 0.0198 e. The Kier molecular flexibility index (Phi) is 7.41. The van der Waals surface area contributed by atoms with E-state index in [2.05, 4.69) is 24.2 Å². The SMILES string of the molecule is C#CCCC#CCC[CH]C. The molecule has 10 heavy (non-hydrogen) atoms. The van der Waals surface area contributed by atoms with Gasteiger partial charge in [0.05, 0.1) is 0 Å². The van der Waals surface area contributed by atoms with Crippen molar-refractivity contribution < 1.29 is 0 Å². The standard InChI is InChI=1S/C10H13/c1-3-5-7-9-10-8-6-4-2/h1,4H,5-8H2,2H3. The maximum absolute atomic E-state index is 5.05. The Bertz CT molecular complexity index is 149. The summed E-state index contributed by atoms with van der Waals surface area (Å²) in [7, 11) is 0. The van der Waals surface area contributed by atoms with E-state index in [0.717, 1.165) is 25.7 Å². The fourth-order valence-corrected chi connectivity index (χ4v) is 0.528. The Morgan fingerprint density at radius 2 is 1.90 bits per heavy atom. The molecule has 0 heterocycles. The molecule has 0 nitrogen and oxygen atoms in total. The molecule has 0 rings (SSSR count). The van der Waals surface area contributed by atoms with Crippen molar-refractivity contribution in [2.45, 2.75) is 32.6 Å². The minimum absolute atomic E-state index is 0.781. The first-order valence-electron chi connectivity index (χ1n) is 3.58. The van der Waals surface area contributed by atoms with Gasteiger partial charge in [0, 0.05) is 19.3 Å². The van der Waals surface area contributed by atoms with Crippen LogP contribution in [-0.2, 0) is 0 Å². The van der Waals surface area contributed by atoms with Crippen LogP contribution in [-0.4, -0.2) is 0 Å². The molecular formula is C10H13. The smallest absolute Gasteiger partial charge is 0.0198 e. The molecule has 1 radical (unpaired) electrons. The molecule has 0 bridgehead atoms. The minimum Gasteiger partial charge on any atom is -0.120 e. The van der Waals surface area contributed by atoms with E-state index in [1.165, 1.54) is 0 Å². The van der Waals surface area contributed by atoms with Gasteiger partial charge < -0.3 is 0 Å². The Hall–Kier alpha value is -0.880. The zero-order valence-corrected chi connectivity index (χ0v) is 6.48. The molecule has 0 fully saturated rings. The van der Waals surface area contributed by atoms with Crippen LogP contribution in [0.4, 0.5) is 0 Å². The lowest BCUT2D eigenvalue weighted by atomic mass is 10.2. The Morgan fingerprint density at radius 3 is 2.50 bits per heavy atom. The quantitative estimate of drug-likeness (QED) is 0.409. The van der Waals surface area contributed by atoms with Crippen molar-refractivity contribution in [3.8, 4) is 24.2 Å². The molecular weight excluding hydrogens is 120 g/mol. The van der Waals surface area contributed by atoms with Crippen molar-refractivity contribution in [1.29, 1.82) is 0 Å². The van der Waals surface area contributed by atoms with E-state index in [0.29, 0.717) is 0 Å². The summed E-state index contributed by atoms with van der Waals surface area (Å²) in [6.07, 6.45) is 10.9. The minimum atomic E-state index is 0.781. The highest BCUT2D eigenvalue weighted by Gasteiger charge is 1.76. The largest absolute Gasteiger partial charge is 0.120 e. The molecule has 0 aliphatic heterocycles. The van der Waals surface area contributed by atoms with E-state index >= 15 is 0 Å². The molecule has 0 aliphatic carbocycles. The fourth-order valence-electron chi connectivity index (χ4n) is 0.528. The van der Waals surface area contributed by atoms with Crippen molar-refractivity contribution in [3.63, 3.8) is 0 Å². The van der Waals surface area contributed by atoms with E-state index in [1.54, 1.807) is 0 Å². The van der Waals surface area contributed by atoms with Crippen LogP contribution in [0.1, 0.15) is 32.6 Å². The van der Waals surface area contributed by atoms with Gasteiger partial charge in [-0.2, -0.15) is 0 Å². The molecule has 0 unspecified atom stereocenters. The predicted molar refractivity (Wildman–Crippen MR) is 45.1 cm³/mol. The van der Waals surface area contributed by atoms with Gasteiger partial charge >= 0.3 is 0 Å². The lowest BCUT2D eigenvalue weighted by Crippen LogP contribution is -1.69. The average molecular weight is 133 g/mol. The third-order valence-corrected chi connectivity index (χ3v) is 1.08. The zero-order valence-electron chi connectivity index (χ0n) is 6.48. The first-order chi connectivity index (χ1) is 4.91. The first kappa shape index (κ1) is 9.12. The molecule has 0 spiro atoms. The Balaban J connectivity index is 3.08. The number of hydrogen-bond acceptors (Lipinski definition) is 0. The first-order valence-corrected chi connectivity index (χ1v) is 3.58. The summed E-state index contributed by atoms with van der Waals surface area (Å²) >= 11 is 0. The summed E-state index contributed by atoms with van der Waals surface area (Å²) in [6.45, 7) is 2.04. The third kappa shape index (κ3) is 7.12. The van der Waals surface area contributed by atoms with Crippen molar-refractivity contribution in [1.82, 2.24) is 0 Å². The number of hydrogen-bond donors (Lipinski definition) is 0. The van der Waals surface area contributed by atoms with Crippen LogP contribution >= 0.6 is 0 Å². The Morgan fingerprint density at radius 1 is 1.20 bits per heavy atom. The molecule has 0 aromatic carbocycles. The molecule has 0 N–H and O–H groups in total. The van der Waals surface area contributed by atoms with Gasteiger partial charge in [-0.15, -0.1) is 24.2 Å². The summed E-state index contributed by atoms with van der Waals surface area (Å²) in [4.78, 5) is 0. The highest BCUT2D eigenvalue weighted by atomic mass is 13.8. The van der Waals surface area contributed by atoms with Crippen LogP contribution in [0, 0.1) is 30.6 Å². The average Bonchev–Trinajstić information content (AvgIpc) is 1.97. The van der Waals surface area contributed by atoms with Gasteiger partial charge in [0.2, 0.25) is 0 Å². The van der Waals surface area contributed by atoms with Gasteiger partial charge in [-0.25, -0.2) is 0 Å². The fraction of sp³-hybridized carbons (Fsp3) is 0.500. The van der Waals surface area contributed by atoms with E-state index in [-0.39, 0.29) is 0 Å². The van der Waals surface area contributed by atoms with Gasteiger partial charge in [0.25, 0.3) is 0 Å². The van der Waals surface area contributed by atoms with Crippen LogP contribution in [0.15, 0.2) is 0 Å². The normalized spacial score (nSPS) is 7.60. The van der Waals surface area contributed by atoms with E-state index < -0.39 is 0 Å². The van der Waals surface area contributed by atoms with Crippen LogP contribution in [0.5, 0.6) is 0 Å². The second-order valence-corrected chi connectivity index (χ2v) is 2.00. The molecule has 0 saturated carbocycles. The zero-order chi connectivity index (χ0) is 7.66. The van der Waals surface area contributed by atoms with Gasteiger partial charge in [-0.1, -0.05) is 6.92 Å². The maximum atomic E-state index is 5.05. The molecule has 0 aliphatic rings. The van der Waals surface area contributed by atoms with Gasteiger partial charge in [-0.3, -0.25) is 0 Å². The Labute approximate surface area is 64.0 Å². The van der Waals surface area contributed by atoms with Gasteiger partial charge in [0.1, 0.15) is 0 Å².